The van der Waals surface area contributed by atoms with Gasteiger partial charge in [-0.2, -0.15) is 0 Å². The number of allylic oxidation sites excluding steroid dienone is 4. The summed E-state index contributed by atoms with van der Waals surface area (Å²) in [4.78, 5) is 23.1. The van der Waals surface area contributed by atoms with Gasteiger partial charge in [0.25, 0.3) is 0 Å². The zero-order chi connectivity index (χ0) is 42.0. The van der Waals surface area contributed by atoms with Crippen molar-refractivity contribution in [2.24, 2.45) is 0 Å². The second kappa shape index (κ2) is 35.6. The highest BCUT2D eigenvalue weighted by atomic mass is 31.2. The quantitative estimate of drug-likeness (QED) is 0.0150. The van der Waals surface area contributed by atoms with Crippen molar-refractivity contribution in [2.45, 2.75) is 230 Å². The Hall–Kier alpha value is -1.18. The van der Waals surface area contributed by atoms with Gasteiger partial charge < -0.3 is 39.9 Å². The maximum atomic E-state index is 12.8. The zero-order valence-electron chi connectivity index (χ0n) is 35.6. The van der Waals surface area contributed by atoms with E-state index in [1.165, 1.54) is 103 Å². The number of aliphatic hydroxyl groups excluding tert-OH is 5. The van der Waals surface area contributed by atoms with Crippen LogP contribution in [0.4, 0.5) is 0 Å². The van der Waals surface area contributed by atoms with E-state index in [2.05, 4.69) is 38.2 Å². The van der Waals surface area contributed by atoms with Crippen LogP contribution < -0.4 is 0 Å². The molecule has 0 spiro atoms. The predicted molar refractivity (Wildman–Crippen MR) is 226 cm³/mol. The number of unbranched alkanes of at least 4 members (excludes halogenated alkanes) is 22. The van der Waals surface area contributed by atoms with Crippen LogP contribution >= 0.6 is 7.82 Å². The lowest BCUT2D eigenvalue weighted by Gasteiger charge is -2.41. The second-order valence-corrected chi connectivity index (χ2v) is 17.3. The maximum absolute atomic E-state index is 12.8. The standard InChI is InChI=1S/C44H83O12P/c1-3-5-7-9-11-13-15-17-18-19-20-21-22-24-26-28-30-32-34-53-35-37(55-38(45)33-31-29-27-25-23-16-14-12-10-8-6-4-2)36-54-57(51,52)56-44-42(49)40(47)39(46)41(48)43(44)50/h12,14,17-18,37,39-44,46-50H,3-11,13,15-16,19-36H2,1-2H3,(H,51,52)/b14-12-,18-17-. The highest BCUT2D eigenvalue weighted by Gasteiger charge is 2.51. The Morgan fingerprint density at radius 2 is 0.930 bits per heavy atom. The molecule has 6 atom stereocenters. The summed E-state index contributed by atoms with van der Waals surface area (Å²) in [5.74, 6) is -0.488. The van der Waals surface area contributed by atoms with E-state index in [1.54, 1.807) is 0 Å². The van der Waals surface area contributed by atoms with E-state index in [-0.39, 0.29) is 13.0 Å². The molecular weight excluding hydrogens is 751 g/mol. The van der Waals surface area contributed by atoms with Gasteiger partial charge in [-0.05, 0) is 64.2 Å². The van der Waals surface area contributed by atoms with Gasteiger partial charge in [-0.3, -0.25) is 13.8 Å². The normalized spacial score (nSPS) is 23.0. The average Bonchev–Trinajstić information content (AvgIpc) is 3.19. The van der Waals surface area contributed by atoms with E-state index < -0.39 is 63.1 Å². The molecule has 0 aliphatic heterocycles. The number of carbonyl (C=O) groups is 1. The summed E-state index contributed by atoms with van der Waals surface area (Å²) in [6.07, 6.45) is 26.8. The molecule has 1 saturated carbocycles. The molecule has 57 heavy (non-hydrogen) atoms. The molecule has 1 rings (SSSR count). The van der Waals surface area contributed by atoms with Crippen molar-refractivity contribution in [3.05, 3.63) is 24.3 Å². The number of hydrogen-bond acceptors (Lipinski definition) is 11. The first-order valence-corrected chi connectivity index (χ1v) is 24.2. The molecular formula is C44H83O12P. The number of phosphoric ester groups is 1. The molecule has 0 radical (unpaired) electrons. The Morgan fingerprint density at radius 1 is 0.544 bits per heavy atom. The fraction of sp³-hybridized carbons (Fsp3) is 0.886. The molecule has 1 aliphatic rings. The summed E-state index contributed by atoms with van der Waals surface area (Å²) in [5, 5.41) is 50.1. The topological polar surface area (TPSA) is 192 Å². The van der Waals surface area contributed by atoms with Gasteiger partial charge in [0.15, 0.2) is 0 Å². The van der Waals surface area contributed by atoms with Crippen LogP contribution in [0.1, 0.15) is 187 Å². The van der Waals surface area contributed by atoms with Crippen LogP contribution in [0.15, 0.2) is 24.3 Å². The predicted octanol–water partition coefficient (Wildman–Crippen LogP) is 8.92. The third-order valence-corrected chi connectivity index (χ3v) is 11.5. The molecule has 0 aromatic rings. The van der Waals surface area contributed by atoms with Crippen molar-refractivity contribution in [1.29, 1.82) is 0 Å². The molecule has 336 valence electrons. The van der Waals surface area contributed by atoms with Gasteiger partial charge in [0.05, 0.1) is 13.2 Å². The van der Waals surface area contributed by atoms with Crippen molar-refractivity contribution < 1.29 is 58.3 Å². The number of ether oxygens (including phenoxy) is 2. The summed E-state index contributed by atoms with van der Waals surface area (Å²) in [5.41, 5.74) is 0. The first-order chi connectivity index (χ1) is 27.5. The van der Waals surface area contributed by atoms with E-state index in [0.717, 1.165) is 57.8 Å². The Kier molecular flexibility index (Phi) is 33.6. The van der Waals surface area contributed by atoms with E-state index in [4.69, 9.17) is 18.5 Å². The second-order valence-electron chi connectivity index (χ2n) is 15.9. The molecule has 1 fully saturated rings. The van der Waals surface area contributed by atoms with Gasteiger partial charge in [0, 0.05) is 13.0 Å². The summed E-state index contributed by atoms with van der Waals surface area (Å²) in [6, 6.07) is 0. The fourth-order valence-electron chi connectivity index (χ4n) is 6.87. The summed E-state index contributed by atoms with van der Waals surface area (Å²) >= 11 is 0. The first-order valence-electron chi connectivity index (χ1n) is 22.7. The number of esters is 1. The zero-order valence-corrected chi connectivity index (χ0v) is 36.5. The number of carbonyl (C=O) groups excluding carboxylic acids is 1. The van der Waals surface area contributed by atoms with Gasteiger partial charge in [-0.15, -0.1) is 0 Å². The van der Waals surface area contributed by atoms with Crippen molar-refractivity contribution in [3.8, 4) is 0 Å². The lowest BCUT2D eigenvalue weighted by Crippen LogP contribution is -2.64. The Balaban J connectivity index is 2.39. The van der Waals surface area contributed by atoms with Crippen molar-refractivity contribution >= 4 is 13.8 Å². The molecule has 6 unspecified atom stereocenters. The van der Waals surface area contributed by atoms with E-state index in [1.807, 2.05) is 0 Å². The molecule has 12 nitrogen and oxygen atoms in total. The minimum atomic E-state index is -5.01. The van der Waals surface area contributed by atoms with Gasteiger partial charge >= 0.3 is 13.8 Å². The SMILES string of the molecule is CCCCC/C=C\CCCCCCCC(=O)OC(COCCCCCCCCCC/C=C\CCCCCCCC)COP(=O)(O)OC1C(O)C(O)C(O)C(O)C1O. The molecule has 0 aromatic heterocycles. The van der Waals surface area contributed by atoms with Crippen LogP contribution in [0.3, 0.4) is 0 Å². The van der Waals surface area contributed by atoms with E-state index in [9.17, 15) is 39.8 Å². The molecule has 0 aromatic carbocycles. The molecule has 0 bridgehead atoms. The average molecular weight is 835 g/mol. The summed E-state index contributed by atoms with van der Waals surface area (Å²) in [7, 11) is -5.01. The molecule has 13 heteroatoms. The van der Waals surface area contributed by atoms with Crippen LogP contribution in [0.2, 0.25) is 0 Å². The number of hydrogen-bond donors (Lipinski definition) is 6. The van der Waals surface area contributed by atoms with Gasteiger partial charge in [0.2, 0.25) is 0 Å². The highest BCUT2D eigenvalue weighted by Crippen LogP contribution is 2.47. The van der Waals surface area contributed by atoms with Crippen LogP contribution in [0, 0.1) is 0 Å². The molecule has 1 aliphatic carbocycles. The summed E-state index contributed by atoms with van der Waals surface area (Å²) < 4.78 is 34.1. The largest absolute Gasteiger partial charge is 0.472 e. The Labute approximate surface area is 345 Å². The fourth-order valence-corrected chi connectivity index (χ4v) is 7.85. The van der Waals surface area contributed by atoms with Crippen LogP contribution in [-0.4, -0.2) is 98.9 Å². The van der Waals surface area contributed by atoms with E-state index in [0.29, 0.717) is 13.0 Å². The lowest BCUT2D eigenvalue weighted by atomic mass is 9.85. The van der Waals surface area contributed by atoms with Crippen LogP contribution in [0.25, 0.3) is 0 Å². The molecule has 0 saturated heterocycles. The van der Waals surface area contributed by atoms with Gasteiger partial charge in [-0.25, -0.2) is 4.57 Å². The molecule has 0 amide bonds. The highest BCUT2D eigenvalue weighted by molar-refractivity contribution is 7.47. The van der Waals surface area contributed by atoms with Crippen molar-refractivity contribution in [3.63, 3.8) is 0 Å². The Bertz CT molecular complexity index is 1040. The number of phosphoric acid groups is 1. The number of rotatable bonds is 38. The van der Waals surface area contributed by atoms with E-state index >= 15 is 0 Å². The lowest BCUT2D eigenvalue weighted by molar-refractivity contribution is -0.220. The van der Waals surface area contributed by atoms with Crippen LogP contribution in [-0.2, 0) is 27.9 Å². The number of aliphatic hydroxyl groups is 5. The smallest absolute Gasteiger partial charge is 0.457 e. The third-order valence-electron chi connectivity index (χ3n) is 10.5. The van der Waals surface area contributed by atoms with Gasteiger partial charge in [0.1, 0.15) is 42.7 Å². The minimum absolute atomic E-state index is 0.0800. The van der Waals surface area contributed by atoms with Gasteiger partial charge in [-0.1, -0.05) is 141 Å². The van der Waals surface area contributed by atoms with Crippen molar-refractivity contribution in [2.75, 3.05) is 19.8 Å². The summed E-state index contributed by atoms with van der Waals surface area (Å²) in [6.45, 7) is 4.21. The Morgan fingerprint density at radius 3 is 1.42 bits per heavy atom. The first kappa shape index (κ1) is 53.8. The third kappa shape index (κ3) is 28.1. The maximum Gasteiger partial charge on any atom is 0.472 e. The minimum Gasteiger partial charge on any atom is -0.457 e. The van der Waals surface area contributed by atoms with Crippen LogP contribution in [0.5, 0.6) is 0 Å². The van der Waals surface area contributed by atoms with Crippen molar-refractivity contribution in [1.82, 2.24) is 0 Å². The molecule has 6 N–H and O–H groups in total. The monoisotopic (exact) mass is 835 g/mol. The molecule has 0 heterocycles.